The van der Waals surface area contributed by atoms with Crippen molar-refractivity contribution >= 4 is 11.8 Å². The Morgan fingerprint density at radius 2 is 1.94 bits per heavy atom. The Labute approximate surface area is 104 Å². The van der Waals surface area contributed by atoms with Gasteiger partial charge < -0.3 is 14.9 Å². The highest BCUT2D eigenvalue weighted by Gasteiger charge is 2.15. The molecule has 1 rings (SSSR count). The topological polar surface area (TPSA) is 83.8 Å². The minimum atomic E-state index is -1.47. The number of ketones is 1. The van der Waals surface area contributed by atoms with Crippen LogP contribution in [-0.2, 0) is 9.59 Å². The molecule has 0 fully saturated rings. The Morgan fingerprint density at radius 3 is 2.50 bits per heavy atom. The van der Waals surface area contributed by atoms with Crippen molar-refractivity contribution in [2.75, 3.05) is 6.61 Å². The summed E-state index contributed by atoms with van der Waals surface area (Å²) in [5.41, 5.74) is -0.0874. The van der Waals surface area contributed by atoms with Gasteiger partial charge in [0.25, 0.3) is 0 Å². The molecule has 0 saturated carbocycles. The first-order valence-electron chi connectivity index (χ1n) is 5.31. The van der Waals surface area contributed by atoms with Crippen molar-refractivity contribution in [2.45, 2.75) is 13.0 Å². The average molecular weight is 250 g/mol. The van der Waals surface area contributed by atoms with Crippen LogP contribution in [0.4, 0.5) is 0 Å². The van der Waals surface area contributed by atoms with Gasteiger partial charge in [-0.25, -0.2) is 4.79 Å². The summed E-state index contributed by atoms with van der Waals surface area (Å²) in [6, 6.07) is 8.67. The van der Waals surface area contributed by atoms with Gasteiger partial charge in [-0.2, -0.15) is 0 Å². The molecule has 0 saturated heterocycles. The van der Waals surface area contributed by atoms with Gasteiger partial charge in [0.2, 0.25) is 5.78 Å². The van der Waals surface area contributed by atoms with E-state index in [1.165, 1.54) is 6.92 Å². The third-order valence-electron chi connectivity index (χ3n) is 2.20. The van der Waals surface area contributed by atoms with Gasteiger partial charge in [-0.05, 0) is 25.1 Å². The largest absolute Gasteiger partial charge is 0.486 e. The van der Waals surface area contributed by atoms with E-state index < -0.39 is 17.9 Å². The monoisotopic (exact) mass is 250 g/mol. The number of ether oxygens (including phenoxy) is 1. The second-order valence-electron chi connectivity index (χ2n) is 3.67. The molecule has 5 nitrogen and oxygen atoms in total. The smallest absolute Gasteiger partial charge is 0.331 e. The summed E-state index contributed by atoms with van der Waals surface area (Å²) in [5, 5.41) is 18.0. The van der Waals surface area contributed by atoms with E-state index in [0.717, 1.165) is 6.08 Å². The molecular formula is C13H14O5. The van der Waals surface area contributed by atoms with Crippen LogP contribution < -0.4 is 4.74 Å². The zero-order valence-electron chi connectivity index (χ0n) is 9.87. The SMILES string of the molecule is CC(=CC(O)C(=O)COc1ccccc1)C(=O)O. The van der Waals surface area contributed by atoms with Crippen LogP contribution in [0.15, 0.2) is 42.0 Å². The maximum Gasteiger partial charge on any atom is 0.331 e. The van der Waals surface area contributed by atoms with Crippen molar-refractivity contribution < 1.29 is 24.5 Å². The van der Waals surface area contributed by atoms with Crippen LogP contribution in [0.3, 0.4) is 0 Å². The molecule has 1 aromatic carbocycles. The Morgan fingerprint density at radius 1 is 1.33 bits per heavy atom. The Kier molecular flexibility index (Phi) is 5.07. The zero-order valence-corrected chi connectivity index (χ0v) is 9.87. The number of aliphatic carboxylic acids is 1. The van der Waals surface area contributed by atoms with E-state index in [0.29, 0.717) is 5.75 Å². The second-order valence-corrected chi connectivity index (χ2v) is 3.67. The maximum atomic E-state index is 11.5. The maximum absolute atomic E-state index is 11.5. The lowest BCUT2D eigenvalue weighted by Crippen LogP contribution is -2.25. The molecular weight excluding hydrogens is 236 g/mol. The zero-order chi connectivity index (χ0) is 13.5. The number of aliphatic hydroxyl groups excluding tert-OH is 1. The van der Waals surface area contributed by atoms with Crippen LogP contribution in [0.5, 0.6) is 5.75 Å². The number of para-hydroxylation sites is 1. The molecule has 5 heteroatoms. The van der Waals surface area contributed by atoms with Crippen molar-refractivity contribution in [3.8, 4) is 5.75 Å². The minimum absolute atomic E-state index is 0.0874. The van der Waals surface area contributed by atoms with E-state index in [1.54, 1.807) is 24.3 Å². The summed E-state index contributed by atoms with van der Waals surface area (Å²) in [5.74, 6) is -1.26. The van der Waals surface area contributed by atoms with Crippen LogP contribution in [0.2, 0.25) is 0 Å². The standard InChI is InChI=1S/C13H14O5/c1-9(13(16)17)7-11(14)12(15)8-18-10-5-3-2-4-6-10/h2-7,11,14H,8H2,1H3,(H,16,17). The fourth-order valence-electron chi connectivity index (χ4n) is 1.16. The van der Waals surface area contributed by atoms with Gasteiger partial charge in [-0.3, -0.25) is 4.79 Å². The van der Waals surface area contributed by atoms with E-state index in [2.05, 4.69) is 0 Å². The van der Waals surface area contributed by atoms with Gasteiger partial charge in [0.1, 0.15) is 18.5 Å². The molecule has 0 aromatic heterocycles. The third-order valence-corrected chi connectivity index (χ3v) is 2.20. The number of hydrogen-bond acceptors (Lipinski definition) is 4. The van der Waals surface area contributed by atoms with E-state index in [-0.39, 0.29) is 12.2 Å². The van der Waals surface area contributed by atoms with E-state index >= 15 is 0 Å². The average Bonchev–Trinajstić information content (AvgIpc) is 2.36. The number of Topliss-reactive ketones (excluding diaryl/α,β-unsaturated/α-hetero) is 1. The fraction of sp³-hybridized carbons (Fsp3) is 0.231. The fourth-order valence-corrected chi connectivity index (χ4v) is 1.16. The summed E-state index contributed by atoms with van der Waals surface area (Å²) >= 11 is 0. The van der Waals surface area contributed by atoms with Gasteiger partial charge in [0, 0.05) is 5.57 Å². The Hall–Kier alpha value is -2.14. The van der Waals surface area contributed by atoms with Crippen molar-refractivity contribution in [1.29, 1.82) is 0 Å². The molecule has 0 radical (unpaired) electrons. The van der Waals surface area contributed by atoms with Crippen LogP contribution in [0.25, 0.3) is 0 Å². The first-order chi connectivity index (χ1) is 8.50. The highest BCUT2D eigenvalue weighted by atomic mass is 16.5. The number of carboxylic acids is 1. The Bertz CT molecular complexity index is 450. The molecule has 0 aliphatic carbocycles. The molecule has 0 aliphatic rings. The van der Waals surface area contributed by atoms with Crippen LogP contribution >= 0.6 is 0 Å². The lowest BCUT2D eigenvalue weighted by Gasteiger charge is -2.08. The molecule has 18 heavy (non-hydrogen) atoms. The molecule has 96 valence electrons. The highest BCUT2D eigenvalue weighted by molar-refractivity contribution is 5.90. The first-order valence-corrected chi connectivity index (χ1v) is 5.31. The Balaban J connectivity index is 2.51. The van der Waals surface area contributed by atoms with Crippen LogP contribution in [0.1, 0.15) is 6.92 Å². The number of aliphatic hydroxyl groups is 1. The molecule has 1 aromatic rings. The van der Waals surface area contributed by atoms with Gasteiger partial charge in [-0.15, -0.1) is 0 Å². The quantitative estimate of drug-likeness (QED) is 0.736. The summed E-state index contributed by atoms with van der Waals surface area (Å²) in [6.07, 6.45) is -0.483. The molecule has 0 heterocycles. The number of rotatable bonds is 6. The molecule has 0 bridgehead atoms. The normalized spacial score (nSPS) is 12.9. The molecule has 0 amide bonds. The number of hydrogen-bond donors (Lipinski definition) is 2. The first kappa shape index (κ1) is 13.9. The van der Waals surface area contributed by atoms with Crippen molar-refractivity contribution in [3.63, 3.8) is 0 Å². The van der Waals surface area contributed by atoms with Gasteiger partial charge in [0.15, 0.2) is 0 Å². The second kappa shape index (κ2) is 6.56. The molecule has 2 N–H and O–H groups in total. The molecule has 0 aliphatic heterocycles. The predicted octanol–water partition coefficient (Wildman–Crippen LogP) is 1.03. The van der Waals surface area contributed by atoms with Gasteiger partial charge >= 0.3 is 5.97 Å². The molecule has 0 spiro atoms. The van der Waals surface area contributed by atoms with Crippen LogP contribution in [-0.4, -0.2) is 34.7 Å². The van der Waals surface area contributed by atoms with E-state index in [9.17, 15) is 14.7 Å². The van der Waals surface area contributed by atoms with E-state index in [4.69, 9.17) is 9.84 Å². The van der Waals surface area contributed by atoms with Crippen molar-refractivity contribution in [3.05, 3.63) is 42.0 Å². The van der Waals surface area contributed by atoms with Crippen molar-refractivity contribution in [2.24, 2.45) is 0 Å². The minimum Gasteiger partial charge on any atom is -0.486 e. The van der Waals surface area contributed by atoms with Crippen LogP contribution in [0, 0.1) is 0 Å². The lowest BCUT2D eigenvalue weighted by atomic mass is 10.1. The van der Waals surface area contributed by atoms with Gasteiger partial charge in [0.05, 0.1) is 0 Å². The summed E-state index contributed by atoms with van der Waals surface area (Å²) in [4.78, 5) is 22.0. The number of benzene rings is 1. The molecule has 1 unspecified atom stereocenters. The van der Waals surface area contributed by atoms with E-state index in [1.807, 2.05) is 6.07 Å². The number of carbonyl (C=O) groups is 2. The third kappa shape index (κ3) is 4.39. The van der Waals surface area contributed by atoms with Gasteiger partial charge in [-0.1, -0.05) is 18.2 Å². The lowest BCUT2D eigenvalue weighted by molar-refractivity contribution is -0.132. The number of carbonyl (C=O) groups excluding carboxylic acids is 1. The molecule has 1 atom stereocenters. The summed E-state index contributed by atoms with van der Waals surface area (Å²) in [6.45, 7) is 0.992. The summed E-state index contributed by atoms with van der Waals surface area (Å²) in [7, 11) is 0. The predicted molar refractivity (Wildman–Crippen MR) is 64.3 cm³/mol. The summed E-state index contributed by atoms with van der Waals surface area (Å²) < 4.78 is 5.14. The number of carboxylic acid groups (broad SMARTS) is 1. The highest BCUT2D eigenvalue weighted by Crippen LogP contribution is 2.08. The van der Waals surface area contributed by atoms with Crippen molar-refractivity contribution in [1.82, 2.24) is 0 Å².